The Hall–Kier alpha value is -0.910. The van der Waals surface area contributed by atoms with Gasteiger partial charge in [0.25, 0.3) is 0 Å². The molecule has 0 radical (unpaired) electrons. The van der Waals surface area contributed by atoms with Crippen molar-refractivity contribution in [1.82, 2.24) is 4.31 Å². The van der Waals surface area contributed by atoms with Gasteiger partial charge in [-0.1, -0.05) is 31.4 Å². The second-order valence-electron chi connectivity index (χ2n) is 5.50. The zero-order chi connectivity index (χ0) is 14.6. The Morgan fingerprint density at radius 1 is 1.15 bits per heavy atom. The van der Waals surface area contributed by atoms with Crippen LogP contribution in [0.1, 0.15) is 37.7 Å². The van der Waals surface area contributed by atoms with Gasteiger partial charge >= 0.3 is 0 Å². The lowest BCUT2D eigenvalue weighted by Gasteiger charge is -2.30. The van der Waals surface area contributed by atoms with Gasteiger partial charge in [0.15, 0.2) is 0 Å². The third kappa shape index (κ3) is 3.40. The molecule has 0 heterocycles. The molecule has 2 N–H and O–H groups in total. The van der Waals surface area contributed by atoms with Crippen molar-refractivity contribution in [1.29, 1.82) is 0 Å². The molecule has 0 saturated heterocycles. The Morgan fingerprint density at radius 3 is 2.30 bits per heavy atom. The highest BCUT2D eigenvalue weighted by Gasteiger charge is 2.28. The fourth-order valence-corrected chi connectivity index (χ4v) is 4.22. The van der Waals surface area contributed by atoms with E-state index in [0.717, 1.165) is 37.7 Å². The molecule has 112 valence electrons. The predicted molar refractivity (Wildman–Crippen MR) is 81.0 cm³/mol. The molecule has 0 amide bonds. The van der Waals surface area contributed by atoms with E-state index < -0.39 is 10.0 Å². The van der Waals surface area contributed by atoms with Gasteiger partial charge < -0.3 is 5.73 Å². The fourth-order valence-electron chi connectivity index (χ4n) is 2.80. The summed E-state index contributed by atoms with van der Waals surface area (Å²) in [4.78, 5) is 0.381. The second-order valence-corrected chi connectivity index (χ2v) is 7.49. The number of rotatable bonds is 5. The molecule has 0 spiro atoms. The van der Waals surface area contributed by atoms with Crippen LogP contribution >= 0.6 is 0 Å². The van der Waals surface area contributed by atoms with Gasteiger partial charge in [-0.25, -0.2) is 8.42 Å². The molecule has 0 bridgehead atoms. The van der Waals surface area contributed by atoms with E-state index in [0.29, 0.717) is 11.4 Å². The number of hydrogen-bond donors (Lipinski definition) is 1. The first-order chi connectivity index (χ1) is 9.55. The summed E-state index contributed by atoms with van der Waals surface area (Å²) in [5, 5.41) is 0. The first kappa shape index (κ1) is 15.5. The Labute approximate surface area is 122 Å². The van der Waals surface area contributed by atoms with Crippen LogP contribution in [0.3, 0.4) is 0 Å². The molecule has 1 aliphatic rings. The van der Waals surface area contributed by atoms with Crippen LogP contribution in [0.2, 0.25) is 0 Å². The summed E-state index contributed by atoms with van der Waals surface area (Å²) in [7, 11) is -1.66. The number of sulfonamides is 1. The zero-order valence-corrected chi connectivity index (χ0v) is 12.9. The van der Waals surface area contributed by atoms with Crippen molar-refractivity contribution in [3.63, 3.8) is 0 Å². The molecule has 1 aromatic carbocycles. The van der Waals surface area contributed by atoms with Crippen LogP contribution in [0.15, 0.2) is 29.2 Å². The molecule has 2 rings (SSSR count). The number of nitrogens with zero attached hydrogens (tertiary/aromatic N) is 1. The molecular weight excluding hydrogens is 272 g/mol. The maximum Gasteiger partial charge on any atom is 0.243 e. The van der Waals surface area contributed by atoms with Crippen molar-refractivity contribution in [3.05, 3.63) is 29.8 Å². The van der Waals surface area contributed by atoms with Gasteiger partial charge in [0.1, 0.15) is 0 Å². The highest BCUT2D eigenvalue weighted by atomic mass is 32.2. The summed E-state index contributed by atoms with van der Waals surface area (Å²) in [6, 6.07) is 7.25. The molecule has 0 aliphatic heterocycles. The van der Waals surface area contributed by atoms with Crippen molar-refractivity contribution in [2.75, 3.05) is 13.6 Å². The minimum atomic E-state index is -3.37. The Kier molecular flexibility index (Phi) is 5.18. The lowest BCUT2D eigenvalue weighted by atomic mass is 9.96. The normalized spacial score (nSPS) is 17.6. The monoisotopic (exact) mass is 296 g/mol. The molecule has 1 saturated carbocycles. The van der Waals surface area contributed by atoms with Crippen LogP contribution in [-0.2, 0) is 16.4 Å². The molecule has 5 heteroatoms. The first-order valence-corrected chi connectivity index (χ1v) is 8.77. The van der Waals surface area contributed by atoms with Gasteiger partial charge in [-0.2, -0.15) is 4.31 Å². The van der Waals surface area contributed by atoms with Gasteiger partial charge in [0.2, 0.25) is 10.0 Å². The minimum absolute atomic E-state index is 0.150. The van der Waals surface area contributed by atoms with Gasteiger partial charge in [0, 0.05) is 13.1 Å². The van der Waals surface area contributed by atoms with Gasteiger partial charge in [0.05, 0.1) is 4.90 Å². The summed E-state index contributed by atoms with van der Waals surface area (Å²) in [6.07, 6.45) is 6.19. The van der Waals surface area contributed by atoms with Crippen molar-refractivity contribution < 1.29 is 8.42 Å². The van der Waals surface area contributed by atoms with Crippen LogP contribution < -0.4 is 5.73 Å². The van der Waals surface area contributed by atoms with Crippen molar-refractivity contribution >= 4 is 10.0 Å². The maximum absolute atomic E-state index is 12.6. The van der Waals surface area contributed by atoms with E-state index in [-0.39, 0.29) is 6.04 Å². The van der Waals surface area contributed by atoms with E-state index in [4.69, 9.17) is 5.73 Å². The van der Waals surface area contributed by atoms with Gasteiger partial charge in [-0.05, 0) is 43.5 Å². The second kappa shape index (κ2) is 6.70. The smallest absolute Gasteiger partial charge is 0.243 e. The van der Waals surface area contributed by atoms with E-state index in [1.165, 1.54) is 6.42 Å². The van der Waals surface area contributed by atoms with Crippen LogP contribution in [0.5, 0.6) is 0 Å². The maximum atomic E-state index is 12.6. The lowest BCUT2D eigenvalue weighted by Crippen LogP contribution is -2.38. The molecule has 20 heavy (non-hydrogen) atoms. The molecule has 1 fully saturated rings. The van der Waals surface area contributed by atoms with Crippen molar-refractivity contribution in [2.45, 2.75) is 49.5 Å². The van der Waals surface area contributed by atoms with E-state index in [1.807, 2.05) is 12.1 Å². The SMILES string of the molecule is CN(C1CCCCC1)S(=O)(=O)c1ccc(CCN)cc1. The van der Waals surface area contributed by atoms with E-state index in [2.05, 4.69) is 0 Å². The highest BCUT2D eigenvalue weighted by Crippen LogP contribution is 2.26. The summed E-state index contributed by atoms with van der Waals surface area (Å²) >= 11 is 0. The lowest BCUT2D eigenvalue weighted by molar-refractivity contribution is 0.286. The van der Waals surface area contributed by atoms with Crippen LogP contribution in [-0.4, -0.2) is 32.4 Å². The molecule has 1 aromatic rings. The average Bonchev–Trinajstić information content (AvgIpc) is 2.48. The van der Waals surface area contributed by atoms with Crippen molar-refractivity contribution in [2.24, 2.45) is 5.73 Å². The van der Waals surface area contributed by atoms with Crippen molar-refractivity contribution in [3.8, 4) is 0 Å². The minimum Gasteiger partial charge on any atom is -0.330 e. The Balaban J connectivity index is 2.15. The average molecular weight is 296 g/mol. The van der Waals surface area contributed by atoms with E-state index in [9.17, 15) is 8.42 Å². The standard InChI is InChI=1S/C15H24N2O2S/c1-17(14-5-3-2-4-6-14)20(18,19)15-9-7-13(8-10-15)11-12-16/h7-10,14H,2-6,11-12,16H2,1H3. The van der Waals surface area contributed by atoms with Crippen LogP contribution in [0.4, 0.5) is 0 Å². The molecule has 0 atom stereocenters. The first-order valence-electron chi connectivity index (χ1n) is 7.33. The highest BCUT2D eigenvalue weighted by molar-refractivity contribution is 7.89. The zero-order valence-electron chi connectivity index (χ0n) is 12.1. The Morgan fingerprint density at radius 2 is 1.75 bits per heavy atom. The third-order valence-electron chi connectivity index (χ3n) is 4.12. The largest absolute Gasteiger partial charge is 0.330 e. The van der Waals surface area contributed by atoms with Gasteiger partial charge in [-0.3, -0.25) is 0 Å². The summed E-state index contributed by atoms with van der Waals surface area (Å²) in [5.74, 6) is 0. The number of benzene rings is 1. The molecular formula is C15H24N2O2S. The number of nitrogens with two attached hydrogens (primary N) is 1. The summed E-state index contributed by atoms with van der Waals surface area (Å²) in [5.41, 5.74) is 6.58. The molecule has 0 unspecified atom stereocenters. The molecule has 4 nitrogen and oxygen atoms in total. The predicted octanol–water partition coefficient (Wildman–Crippen LogP) is 2.14. The van der Waals surface area contributed by atoms with E-state index in [1.54, 1.807) is 23.5 Å². The fraction of sp³-hybridized carbons (Fsp3) is 0.600. The summed E-state index contributed by atoms with van der Waals surface area (Å²) < 4.78 is 26.8. The van der Waals surface area contributed by atoms with Crippen LogP contribution in [0, 0.1) is 0 Å². The Bertz CT molecular complexity index is 519. The van der Waals surface area contributed by atoms with E-state index >= 15 is 0 Å². The topological polar surface area (TPSA) is 63.4 Å². The quantitative estimate of drug-likeness (QED) is 0.905. The van der Waals surface area contributed by atoms with Crippen LogP contribution in [0.25, 0.3) is 0 Å². The third-order valence-corrected chi connectivity index (χ3v) is 6.05. The van der Waals surface area contributed by atoms with Gasteiger partial charge in [-0.15, -0.1) is 0 Å². The molecule has 0 aromatic heterocycles. The molecule has 1 aliphatic carbocycles. The summed E-state index contributed by atoms with van der Waals surface area (Å²) in [6.45, 7) is 0.577. The number of hydrogen-bond acceptors (Lipinski definition) is 3.